The fourth-order valence-electron chi connectivity index (χ4n) is 2.73. The molecule has 1 aromatic rings. The summed E-state index contributed by atoms with van der Waals surface area (Å²) in [5.74, 6) is 0.732. The summed E-state index contributed by atoms with van der Waals surface area (Å²) in [6.45, 7) is 8.98. The van der Waals surface area contributed by atoms with E-state index >= 15 is 0 Å². The first-order valence-corrected chi connectivity index (χ1v) is 8.51. The van der Waals surface area contributed by atoms with Crippen molar-refractivity contribution in [1.29, 1.82) is 0 Å². The van der Waals surface area contributed by atoms with Crippen molar-refractivity contribution in [2.75, 3.05) is 18.0 Å². The van der Waals surface area contributed by atoms with Crippen molar-refractivity contribution in [3.05, 3.63) is 27.1 Å². The first-order valence-electron chi connectivity index (χ1n) is 6.93. The molecule has 106 valence electrons. The molecule has 1 aliphatic rings. The number of hydrogen-bond acceptors (Lipinski definition) is 2. The van der Waals surface area contributed by atoms with Gasteiger partial charge < -0.3 is 10.2 Å². The van der Waals surface area contributed by atoms with Gasteiger partial charge in [-0.2, -0.15) is 0 Å². The molecule has 1 fully saturated rings. The Hall–Kier alpha value is -0.0600. The molecule has 1 heterocycles. The molecule has 1 aromatic carbocycles. The van der Waals surface area contributed by atoms with Crippen LogP contribution in [0.3, 0.4) is 0 Å². The lowest BCUT2D eigenvalue weighted by molar-refractivity contribution is 0.355. The summed E-state index contributed by atoms with van der Waals surface area (Å²) in [5, 5.41) is 3.67. The lowest BCUT2D eigenvalue weighted by Gasteiger charge is -2.41. The van der Waals surface area contributed by atoms with Crippen molar-refractivity contribution < 1.29 is 0 Å². The highest BCUT2D eigenvalue weighted by molar-refractivity contribution is 9.11. The van der Waals surface area contributed by atoms with Crippen LogP contribution in [-0.2, 0) is 0 Å². The monoisotopic (exact) mass is 388 g/mol. The molecule has 4 heteroatoms. The lowest BCUT2D eigenvalue weighted by atomic mass is 9.99. The van der Waals surface area contributed by atoms with Gasteiger partial charge in [-0.25, -0.2) is 0 Å². The van der Waals surface area contributed by atoms with Gasteiger partial charge in [0.15, 0.2) is 0 Å². The number of piperazine rings is 1. The van der Waals surface area contributed by atoms with E-state index in [1.165, 1.54) is 21.1 Å². The predicted molar refractivity (Wildman–Crippen MR) is 89.9 cm³/mol. The molecule has 0 aliphatic carbocycles. The molecule has 0 radical (unpaired) electrons. The van der Waals surface area contributed by atoms with Crippen LogP contribution in [0.2, 0.25) is 0 Å². The number of nitrogens with one attached hydrogen (secondary N) is 1. The van der Waals surface area contributed by atoms with Gasteiger partial charge in [0.25, 0.3) is 0 Å². The molecule has 0 saturated carbocycles. The van der Waals surface area contributed by atoms with E-state index in [0.717, 1.165) is 19.0 Å². The summed E-state index contributed by atoms with van der Waals surface area (Å²) in [6, 6.07) is 7.39. The average Bonchev–Trinajstić information content (AvgIpc) is 2.32. The van der Waals surface area contributed by atoms with Crippen LogP contribution in [0.4, 0.5) is 5.69 Å². The highest BCUT2D eigenvalue weighted by Crippen LogP contribution is 2.36. The number of nitrogens with zero attached hydrogens (tertiary/aromatic N) is 1. The van der Waals surface area contributed by atoms with E-state index in [9.17, 15) is 0 Å². The van der Waals surface area contributed by atoms with Gasteiger partial charge in [-0.3, -0.25) is 0 Å². The lowest BCUT2D eigenvalue weighted by Crippen LogP contribution is -2.56. The highest BCUT2D eigenvalue weighted by Gasteiger charge is 2.27. The van der Waals surface area contributed by atoms with Crippen molar-refractivity contribution in [3.63, 3.8) is 0 Å². The minimum absolute atomic E-state index is 0.512. The summed E-state index contributed by atoms with van der Waals surface area (Å²) < 4.78 is 2.33. The molecule has 2 atom stereocenters. The molecular weight excluding hydrogens is 368 g/mol. The second kappa shape index (κ2) is 6.59. The third kappa shape index (κ3) is 3.73. The van der Waals surface area contributed by atoms with Crippen LogP contribution in [0.25, 0.3) is 0 Å². The molecule has 0 aromatic heterocycles. The average molecular weight is 390 g/mol. The van der Waals surface area contributed by atoms with Crippen LogP contribution in [0.5, 0.6) is 0 Å². The zero-order valence-corrected chi connectivity index (χ0v) is 15.0. The molecule has 2 nitrogen and oxygen atoms in total. The van der Waals surface area contributed by atoms with E-state index in [2.05, 4.69) is 81.0 Å². The summed E-state index contributed by atoms with van der Waals surface area (Å²) >= 11 is 7.38. The Bertz CT molecular complexity index is 414. The van der Waals surface area contributed by atoms with Crippen molar-refractivity contribution >= 4 is 37.5 Å². The van der Waals surface area contributed by atoms with Crippen molar-refractivity contribution in [3.8, 4) is 0 Å². The maximum Gasteiger partial charge on any atom is 0.0658 e. The number of hydrogen-bond donors (Lipinski definition) is 1. The molecule has 1 saturated heterocycles. The van der Waals surface area contributed by atoms with Gasteiger partial charge >= 0.3 is 0 Å². The first kappa shape index (κ1) is 15.3. The zero-order valence-electron chi connectivity index (χ0n) is 11.8. The summed E-state index contributed by atoms with van der Waals surface area (Å²) in [6.07, 6.45) is 1.23. The van der Waals surface area contributed by atoms with Crippen molar-refractivity contribution in [1.82, 2.24) is 5.32 Å². The quantitative estimate of drug-likeness (QED) is 0.822. The Kier molecular flexibility index (Phi) is 5.32. The van der Waals surface area contributed by atoms with E-state index in [4.69, 9.17) is 0 Å². The topological polar surface area (TPSA) is 15.3 Å². The molecule has 2 rings (SSSR count). The third-order valence-electron chi connectivity index (χ3n) is 3.63. The molecule has 1 aliphatic heterocycles. The number of para-hydroxylation sites is 1. The van der Waals surface area contributed by atoms with E-state index in [-0.39, 0.29) is 0 Å². The molecule has 19 heavy (non-hydrogen) atoms. The van der Waals surface area contributed by atoms with Crippen molar-refractivity contribution in [2.45, 2.75) is 39.3 Å². The number of anilines is 1. The maximum absolute atomic E-state index is 3.69. The number of halogens is 2. The summed E-state index contributed by atoms with van der Waals surface area (Å²) in [4.78, 5) is 2.51. The second-order valence-corrected chi connectivity index (χ2v) is 7.52. The first-order chi connectivity index (χ1) is 8.99. The Morgan fingerprint density at radius 2 is 1.95 bits per heavy atom. The molecule has 2 unspecified atom stereocenters. The maximum atomic E-state index is 3.69. The van der Waals surface area contributed by atoms with Gasteiger partial charge in [-0.1, -0.05) is 19.9 Å². The van der Waals surface area contributed by atoms with Crippen LogP contribution in [0.15, 0.2) is 27.1 Å². The summed E-state index contributed by atoms with van der Waals surface area (Å²) in [7, 11) is 0. The Balaban J connectivity index is 2.21. The van der Waals surface area contributed by atoms with E-state index in [1.54, 1.807) is 0 Å². The SMILES string of the molecule is CC(C)CC1CN(c2c(Br)cccc2Br)C(C)CN1. The van der Waals surface area contributed by atoms with Gasteiger partial charge in [0.05, 0.1) is 5.69 Å². The van der Waals surface area contributed by atoms with Gasteiger partial charge in [-0.05, 0) is 63.3 Å². The largest absolute Gasteiger partial charge is 0.364 e. The molecule has 0 bridgehead atoms. The van der Waals surface area contributed by atoms with Crippen LogP contribution < -0.4 is 10.2 Å². The van der Waals surface area contributed by atoms with Crippen LogP contribution >= 0.6 is 31.9 Å². The Morgan fingerprint density at radius 3 is 2.53 bits per heavy atom. The molecular formula is C15H22Br2N2. The van der Waals surface area contributed by atoms with Crippen LogP contribution in [0, 0.1) is 5.92 Å². The summed E-state index contributed by atoms with van der Waals surface area (Å²) in [5.41, 5.74) is 1.28. The highest BCUT2D eigenvalue weighted by atomic mass is 79.9. The zero-order chi connectivity index (χ0) is 14.0. The minimum atomic E-state index is 0.512. The normalized spacial score (nSPS) is 24.0. The van der Waals surface area contributed by atoms with Crippen LogP contribution in [0.1, 0.15) is 27.2 Å². The smallest absolute Gasteiger partial charge is 0.0658 e. The van der Waals surface area contributed by atoms with Gasteiger partial charge in [0.2, 0.25) is 0 Å². The van der Waals surface area contributed by atoms with Gasteiger partial charge in [0.1, 0.15) is 0 Å². The predicted octanol–water partition coefficient (Wildman–Crippen LogP) is 4.42. The van der Waals surface area contributed by atoms with E-state index in [0.29, 0.717) is 12.1 Å². The van der Waals surface area contributed by atoms with Crippen LogP contribution in [-0.4, -0.2) is 25.2 Å². The molecule has 1 N–H and O–H groups in total. The third-order valence-corrected chi connectivity index (χ3v) is 4.91. The minimum Gasteiger partial charge on any atom is -0.364 e. The molecule has 0 amide bonds. The van der Waals surface area contributed by atoms with Crippen molar-refractivity contribution in [2.24, 2.45) is 5.92 Å². The molecule has 0 spiro atoms. The van der Waals surface area contributed by atoms with Gasteiger partial charge in [0, 0.05) is 34.1 Å². The van der Waals surface area contributed by atoms with E-state index < -0.39 is 0 Å². The number of rotatable bonds is 3. The Labute approximate surface area is 133 Å². The second-order valence-electron chi connectivity index (χ2n) is 5.81. The fourth-order valence-corrected chi connectivity index (χ4v) is 4.19. The van der Waals surface area contributed by atoms with Gasteiger partial charge in [-0.15, -0.1) is 0 Å². The Morgan fingerprint density at radius 1 is 1.32 bits per heavy atom. The van der Waals surface area contributed by atoms with E-state index in [1.807, 2.05) is 0 Å². The fraction of sp³-hybridized carbons (Fsp3) is 0.600. The standard InChI is InChI=1S/C15H22Br2N2/c1-10(2)7-12-9-19(11(3)8-18-12)15-13(16)5-4-6-14(15)17/h4-6,10-12,18H,7-9H2,1-3H3. The number of benzene rings is 1.